The van der Waals surface area contributed by atoms with Crippen LogP contribution in [0.25, 0.3) is 0 Å². The molecule has 1 atom stereocenters. The summed E-state index contributed by atoms with van der Waals surface area (Å²) >= 11 is 0. The van der Waals surface area contributed by atoms with Crippen LogP contribution in [0, 0.1) is 5.92 Å². The highest BCUT2D eigenvalue weighted by Gasteiger charge is 2.43. The molecular weight excluding hydrogens is 363 g/mol. The molecule has 1 amide bonds. The lowest BCUT2D eigenvalue weighted by Gasteiger charge is -2.35. The Balaban J connectivity index is 2.02. The molecule has 2 rings (SSSR count). The zero-order valence-corrected chi connectivity index (χ0v) is 15.0. The Bertz CT molecular complexity index is 568. The van der Waals surface area contributed by atoms with Gasteiger partial charge >= 0.3 is 12.1 Å². The number of halogens is 3. The number of methoxy groups -OCH3 is 1. The van der Waals surface area contributed by atoms with Crippen LogP contribution in [0.4, 0.5) is 13.2 Å². The van der Waals surface area contributed by atoms with Crippen molar-refractivity contribution in [3.8, 4) is 0 Å². The second kappa shape index (κ2) is 8.19. The van der Waals surface area contributed by atoms with Crippen LogP contribution in [0.3, 0.4) is 0 Å². The van der Waals surface area contributed by atoms with Crippen LogP contribution >= 0.6 is 0 Å². The number of nitrogens with zero attached hydrogens (tertiary/aromatic N) is 3. The number of amides is 1. The van der Waals surface area contributed by atoms with Crippen LogP contribution in [0.15, 0.2) is 0 Å². The zero-order chi connectivity index (χ0) is 18.7. The Kier molecular flexibility index (Phi) is 6.68. The number of hydrogen-bond donors (Lipinski definition) is 0. The molecule has 0 saturated carbocycles. The maximum absolute atomic E-state index is 12.8. The van der Waals surface area contributed by atoms with E-state index in [2.05, 4.69) is 0 Å². The summed E-state index contributed by atoms with van der Waals surface area (Å²) in [7, 11) is -2.19. The second-order valence-electron chi connectivity index (χ2n) is 6.37. The fourth-order valence-electron chi connectivity index (χ4n) is 3.28. The van der Waals surface area contributed by atoms with Crippen LogP contribution < -0.4 is 0 Å². The number of alkyl halides is 3. The minimum absolute atomic E-state index is 0.101. The molecule has 146 valence electrons. The molecular formula is C14H24F3N3O4S. The van der Waals surface area contributed by atoms with Gasteiger partial charge in [0.1, 0.15) is 0 Å². The van der Waals surface area contributed by atoms with Gasteiger partial charge in [0.15, 0.2) is 0 Å². The molecule has 0 N–H and O–H groups in total. The summed E-state index contributed by atoms with van der Waals surface area (Å²) in [6.07, 6.45) is -3.15. The van der Waals surface area contributed by atoms with E-state index in [-0.39, 0.29) is 38.5 Å². The molecule has 0 spiro atoms. The summed E-state index contributed by atoms with van der Waals surface area (Å²) in [6.45, 7) is 0.830. The first kappa shape index (κ1) is 20.4. The van der Waals surface area contributed by atoms with Crippen LogP contribution in [0.2, 0.25) is 0 Å². The Morgan fingerprint density at radius 1 is 1.08 bits per heavy atom. The molecule has 1 unspecified atom stereocenters. The molecule has 2 aliphatic heterocycles. The summed E-state index contributed by atoms with van der Waals surface area (Å²) in [5.74, 6) is -1.80. The van der Waals surface area contributed by atoms with Crippen molar-refractivity contribution in [2.24, 2.45) is 5.92 Å². The lowest BCUT2D eigenvalue weighted by atomic mass is 10.0. The predicted octanol–water partition coefficient (Wildman–Crippen LogP) is 0.686. The van der Waals surface area contributed by atoms with Crippen molar-refractivity contribution in [3.05, 3.63) is 0 Å². The highest BCUT2D eigenvalue weighted by atomic mass is 32.2. The normalized spacial score (nSPS) is 25.0. The highest BCUT2D eigenvalue weighted by molar-refractivity contribution is 7.86. The van der Waals surface area contributed by atoms with Crippen LogP contribution in [0.5, 0.6) is 0 Å². The van der Waals surface area contributed by atoms with Crippen LogP contribution in [-0.2, 0) is 19.7 Å². The van der Waals surface area contributed by atoms with Gasteiger partial charge in [0, 0.05) is 46.4 Å². The van der Waals surface area contributed by atoms with E-state index in [1.165, 1.54) is 8.61 Å². The van der Waals surface area contributed by atoms with Crippen molar-refractivity contribution in [1.29, 1.82) is 0 Å². The van der Waals surface area contributed by atoms with Crippen LogP contribution in [0.1, 0.15) is 19.3 Å². The monoisotopic (exact) mass is 387 g/mol. The largest absolute Gasteiger partial charge is 0.471 e. The first-order chi connectivity index (χ1) is 11.7. The molecule has 0 aromatic rings. The summed E-state index contributed by atoms with van der Waals surface area (Å²) in [5, 5.41) is 0. The van der Waals surface area contributed by atoms with Gasteiger partial charge in [-0.25, -0.2) is 0 Å². The minimum Gasteiger partial charge on any atom is -0.384 e. The van der Waals surface area contributed by atoms with Crippen molar-refractivity contribution in [2.75, 3.05) is 53.0 Å². The van der Waals surface area contributed by atoms with Gasteiger partial charge in [-0.2, -0.15) is 30.2 Å². The van der Waals surface area contributed by atoms with Crippen molar-refractivity contribution >= 4 is 16.1 Å². The Labute approximate surface area is 145 Å². The molecule has 2 aliphatic rings. The van der Waals surface area contributed by atoms with E-state index in [9.17, 15) is 26.4 Å². The molecule has 2 heterocycles. The summed E-state index contributed by atoms with van der Waals surface area (Å²) in [5.41, 5.74) is 0. The van der Waals surface area contributed by atoms with Gasteiger partial charge in [-0.3, -0.25) is 4.79 Å². The average molecular weight is 387 g/mol. The topological polar surface area (TPSA) is 70.2 Å². The van der Waals surface area contributed by atoms with Gasteiger partial charge in [0.2, 0.25) is 0 Å². The molecule has 0 aliphatic carbocycles. The molecule has 2 fully saturated rings. The third-order valence-electron chi connectivity index (χ3n) is 4.52. The number of carbonyl (C=O) groups excluding carboxylic acids is 1. The standard InChI is InChI=1S/C14H24F3N3O4S/c1-24-11-12-4-2-6-20(10-12)25(22,23)19-7-3-5-18(8-9-19)13(21)14(15,16)17/h12H,2-11H2,1H3. The molecule has 11 heteroatoms. The first-order valence-electron chi connectivity index (χ1n) is 8.26. The van der Waals surface area contributed by atoms with Gasteiger partial charge in [-0.05, 0) is 25.2 Å². The molecule has 7 nitrogen and oxygen atoms in total. The van der Waals surface area contributed by atoms with Gasteiger partial charge in [0.05, 0.1) is 6.61 Å². The number of piperidine rings is 1. The summed E-state index contributed by atoms with van der Waals surface area (Å²) in [6, 6.07) is 0. The maximum atomic E-state index is 12.8. The van der Waals surface area contributed by atoms with Gasteiger partial charge in [-0.15, -0.1) is 0 Å². The minimum atomic E-state index is -4.94. The predicted molar refractivity (Wildman–Crippen MR) is 83.9 cm³/mol. The van der Waals surface area contributed by atoms with Crippen LogP contribution in [-0.4, -0.2) is 87.0 Å². The average Bonchev–Trinajstić information content (AvgIpc) is 2.80. The molecule has 25 heavy (non-hydrogen) atoms. The van der Waals surface area contributed by atoms with Gasteiger partial charge < -0.3 is 9.64 Å². The lowest BCUT2D eigenvalue weighted by Crippen LogP contribution is -2.50. The SMILES string of the molecule is COCC1CCCN(S(=O)(=O)N2CCCN(C(=O)C(F)(F)F)CC2)C1. The van der Waals surface area contributed by atoms with Gasteiger partial charge in [0.25, 0.3) is 10.2 Å². The van der Waals surface area contributed by atoms with Crippen molar-refractivity contribution in [1.82, 2.24) is 13.5 Å². The fourth-order valence-corrected chi connectivity index (χ4v) is 5.04. The molecule has 2 saturated heterocycles. The molecule has 0 radical (unpaired) electrons. The highest BCUT2D eigenvalue weighted by Crippen LogP contribution is 2.23. The first-order valence-corrected chi connectivity index (χ1v) is 9.66. The fraction of sp³-hybridized carbons (Fsp3) is 0.929. The third-order valence-corrected chi connectivity index (χ3v) is 6.52. The van der Waals surface area contributed by atoms with Gasteiger partial charge in [-0.1, -0.05) is 0 Å². The number of rotatable bonds is 4. The quantitative estimate of drug-likeness (QED) is 0.712. The Morgan fingerprint density at radius 3 is 2.40 bits per heavy atom. The third kappa shape index (κ3) is 5.05. The molecule has 0 aromatic carbocycles. The molecule has 0 aromatic heterocycles. The van der Waals surface area contributed by atoms with E-state index in [0.717, 1.165) is 12.8 Å². The van der Waals surface area contributed by atoms with E-state index in [1.807, 2.05) is 0 Å². The number of hydrogen-bond acceptors (Lipinski definition) is 4. The van der Waals surface area contributed by atoms with E-state index >= 15 is 0 Å². The van der Waals surface area contributed by atoms with Crippen molar-refractivity contribution in [2.45, 2.75) is 25.4 Å². The number of ether oxygens (including phenoxy) is 1. The number of carbonyl (C=O) groups is 1. The van der Waals surface area contributed by atoms with Crippen molar-refractivity contribution < 1.29 is 31.1 Å². The van der Waals surface area contributed by atoms with Crippen molar-refractivity contribution in [3.63, 3.8) is 0 Å². The maximum Gasteiger partial charge on any atom is 0.471 e. The summed E-state index contributed by atoms with van der Waals surface area (Å²) < 4.78 is 70.9. The lowest BCUT2D eigenvalue weighted by molar-refractivity contribution is -0.185. The van der Waals surface area contributed by atoms with E-state index in [0.29, 0.717) is 24.6 Å². The Hall–Kier alpha value is -0.910. The summed E-state index contributed by atoms with van der Waals surface area (Å²) in [4.78, 5) is 12.0. The smallest absolute Gasteiger partial charge is 0.384 e. The van der Waals surface area contributed by atoms with E-state index in [4.69, 9.17) is 4.74 Å². The molecule has 0 bridgehead atoms. The second-order valence-corrected chi connectivity index (χ2v) is 8.30. The zero-order valence-electron chi connectivity index (χ0n) is 14.2. The Morgan fingerprint density at radius 2 is 1.76 bits per heavy atom. The van der Waals surface area contributed by atoms with E-state index < -0.39 is 22.3 Å². The van der Waals surface area contributed by atoms with E-state index in [1.54, 1.807) is 7.11 Å².